The molecule has 1 atom stereocenters. The second-order valence-electron chi connectivity index (χ2n) is 3.53. The van der Waals surface area contributed by atoms with Crippen molar-refractivity contribution in [3.05, 3.63) is 29.6 Å². The molecule has 0 aliphatic carbocycles. The fourth-order valence-electron chi connectivity index (χ4n) is 1.43. The minimum absolute atomic E-state index is 0.0532. The van der Waals surface area contributed by atoms with Crippen molar-refractivity contribution in [2.75, 3.05) is 13.7 Å². The normalized spacial score (nSPS) is 12.9. The summed E-state index contributed by atoms with van der Waals surface area (Å²) in [5.41, 5.74) is 0.265. The number of carbonyl (C=O) groups excluding carboxylic acids is 1. The van der Waals surface area contributed by atoms with Gasteiger partial charge in [-0.25, -0.2) is 4.39 Å². The van der Waals surface area contributed by atoms with Crippen molar-refractivity contribution in [1.29, 1.82) is 0 Å². The molecule has 1 N–H and O–H groups in total. The van der Waals surface area contributed by atoms with Crippen molar-refractivity contribution in [2.24, 2.45) is 0 Å². The zero-order valence-corrected chi connectivity index (χ0v) is 9.83. The molecule has 1 aromatic carbocycles. The molecule has 0 aliphatic rings. The van der Waals surface area contributed by atoms with Gasteiger partial charge in [0, 0.05) is 7.11 Å². The van der Waals surface area contributed by atoms with Gasteiger partial charge in [-0.05, 0) is 17.7 Å². The Morgan fingerprint density at radius 2 is 2.11 bits per heavy atom. The fraction of sp³-hybridized carbons (Fsp3) is 0.364. The van der Waals surface area contributed by atoms with Crippen LogP contribution in [0, 0.1) is 5.82 Å². The Morgan fingerprint density at radius 3 is 2.58 bits per heavy atom. The summed E-state index contributed by atoms with van der Waals surface area (Å²) < 4.78 is 57.6. The van der Waals surface area contributed by atoms with E-state index in [1.54, 1.807) is 0 Å². The number of hydrogen-bond donors (Lipinski definition) is 1. The molecule has 0 aromatic heterocycles. The summed E-state index contributed by atoms with van der Waals surface area (Å²) in [6, 6.07) is 2.25. The molecule has 0 aliphatic heterocycles. The molecule has 0 bridgehead atoms. The third-order valence-corrected chi connectivity index (χ3v) is 2.19. The number of nitrogens with one attached hydrogen (secondary N) is 1. The second-order valence-corrected chi connectivity index (χ2v) is 3.53. The maximum absolute atomic E-state index is 13.4. The molecule has 0 fully saturated rings. The Labute approximate surface area is 106 Å². The van der Waals surface area contributed by atoms with Gasteiger partial charge in [0.05, 0.1) is 12.6 Å². The van der Waals surface area contributed by atoms with Gasteiger partial charge in [-0.15, -0.1) is 13.2 Å². The van der Waals surface area contributed by atoms with Crippen LogP contribution in [0.1, 0.15) is 11.6 Å². The highest BCUT2D eigenvalue weighted by Crippen LogP contribution is 2.27. The molecule has 0 radical (unpaired) electrons. The predicted octanol–water partition coefficient (Wildman–Crippen LogP) is 2.16. The molecule has 106 valence electrons. The molecule has 1 amide bonds. The molecule has 0 saturated carbocycles. The van der Waals surface area contributed by atoms with E-state index >= 15 is 0 Å². The summed E-state index contributed by atoms with van der Waals surface area (Å²) in [5, 5.41) is 2.36. The van der Waals surface area contributed by atoms with Gasteiger partial charge in [-0.2, -0.15) is 0 Å². The zero-order chi connectivity index (χ0) is 14.5. The third kappa shape index (κ3) is 4.74. The molecule has 1 unspecified atom stereocenters. The largest absolute Gasteiger partial charge is 0.573 e. The van der Waals surface area contributed by atoms with Crippen LogP contribution in [0.2, 0.25) is 0 Å². The molecule has 0 spiro atoms. The van der Waals surface area contributed by atoms with Crippen LogP contribution in [-0.2, 0) is 9.53 Å². The minimum atomic E-state index is -4.96. The molecular weight excluding hydrogens is 270 g/mol. The van der Waals surface area contributed by atoms with Crippen LogP contribution in [0.3, 0.4) is 0 Å². The maximum atomic E-state index is 13.4. The number of ether oxygens (including phenoxy) is 2. The predicted molar refractivity (Wildman–Crippen MR) is 56.9 cm³/mol. The quantitative estimate of drug-likeness (QED) is 0.642. The van der Waals surface area contributed by atoms with Crippen molar-refractivity contribution in [1.82, 2.24) is 5.32 Å². The average molecular weight is 281 g/mol. The van der Waals surface area contributed by atoms with E-state index in [0.717, 1.165) is 12.1 Å². The van der Waals surface area contributed by atoms with E-state index < -0.39 is 24.0 Å². The molecule has 1 rings (SSSR count). The highest BCUT2D eigenvalue weighted by atomic mass is 19.4. The molecule has 1 aromatic rings. The van der Waals surface area contributed by atoms with Crippen LogP contribution < -0.4 is 10.1 Å². The highest BCUT2D eigenvalue weighted by Gasteiger charge is 2.32. The summed E-state index contributed by atoms with van der Waals surface area (Å²) >= 11 is 0. The van der Waals surface area contributed by atoms with Gasteiger partial charge in [-0.3, -0.25) is 4.79 Å². The van der Waals surface area contributed by atoms with Gasteiger partial charge in [0.25, 0.3) is 0 Å². The summed E-state index contributed by atoms with van der Waals surface area (Å²) in [5.74, 6) is -2.11. The maximum Gasteiger partial charge on any atom is 0.573 e. The standard InChI is InChI=1S/C11H11F4NO3/c1-18-5-9(16-6-17)7-2-3-10(8(12)4-7)19-11(13,14)15/h2-4,6,9H,5H2,1H3,(H,16,17). The van der Waals surface area contributed by atoms with Crippen LogP contribution in [0.5, 0.6) is 5.75 Å². The van der Waals surface area contributed by atoms with Crippen molar-refractivity contribution in [2.45, 2.75) is 12.4 Å². The SMILES string of the molecule is COCC(NC=O)c1ccc(OC(F)(F)F)c(F)c1. The molecule has 19 heavy (non-hydrogen) atoms. The zero-order valence-electron chi connectivity index (χ0n) is 9.83. The van der Waals surface area contributed by atoms with Gasteiger partial charge in [0.1, 0.15) is 0 Å². The molecule has 4 nitrogen and oxygen atoms in total. The van der Waals surface area contributed by atoms with Crippen LogP contribution in [-0.4, -0.2) is 26.5 Å². The first-order valence-electron chi connectivity index (χ1n) is 5.11. The van der Waals surface area contributed by atoms with Gasteiger partial charge in [-0.1, -0.05) is 6.07 Å². The first-order valence-corrected chi connectivity index (χ1v) is 5.11. The van der Waals surface area contributed by atoms with Crippen molar-refractivity contribution < 1.29 is 31.8 Å². The average Bonchev–Trinajstić information content (AvgIpc) is 2.30. The molecule has 0 heterocycles. The number of halogens is 4. The topological polar surface area (TPSA) is 47.6 Å². The Balaban J connectivity index is 2.93. The summed E-state index contributed by atoms with van der Waals surface area (Å²) in [7, 11) is 1.37. The molecule has 0 saturated heterocycles. The summed E-state index contributed by atoms with van der Waals surface area (Å²) in [4.78, 5) is 10.4. The number of rotatable bonds is 6. The Hall–Kier alpha value is -1.83. The second kappa shape index (κ2) is 6.37. The van der Waals surface area contributed by atoms with E-state index in [1.807, 2.05) is 0 Å². The summed E-state index contributed by atoms with van der Waals surface area (Å²) in [6.07, 6.45) is -4.57. The van der Waals surface area contributed by atoms with Gasteiger partial charge in [0.2, 0.25) is 6.41 Å². The number of carbonyl (C=O) groups is 1. The van der Waals surface area contributed by atoms with E-state index in [-0.39, 0.29) is 12.2 Å². The van der Waals surface area contributed by atoms with Crippen molar-refractivity contribution in [3.63, 3.8) is 0 Å². The number of alkyl halides is 3. The van der Waals surface area contributed by atoms with E-state index in [4.69, 9.17) is 4.74 Å². The lowest BCUT2D eigenvalue weighted by atomic mass is 10.1. The lowest BCUT2D eigenvalue weighted by Gasteiger charge is -2.16. The van der Waals surface area contributed by atoms with Crippen molar-refractivity contribution >= 4 is 6.41 Å². The van der Waals surface area contributed by atoms with Crippen LogP contribution in [0.25, 0.3) is 0 Å². The Bertz CT molecular complexity index is 436. The fourth-order valence-corrected chi connectivity index (χ4v) is 1.43. The van der Waals surface area contributed by atoms with E-state index in [9.17, 15) is 22.4 Å². The lowest BCUT2D eigenvalue weighted by molar-refractivity contribution is -0.275. The van der Waals surface area contributed by atoms with Gasteiger partial charge < -0.3 is 14.8 Å². The highest BCUT2D eigenvalue weighted by molar-refractivity contribution is 5.48. The smallest absolute Gasteiger partial charge is 0.403 e. The monoisotopic (exact) mass is 281 g/mol. The third-order valence-electron chi connectivity index (χ3n) is 2.19. The van der Waals surface area contributed by atoms with Crippen LogP contribution in [0.15, 0.2) is 18.2 Å². The van der Waals surface area contributed by atoms with Crippen molar-refractivity contribution in [3.8, 4) is 5.75 Å². The van der Waals surface area contributed by atoms with E-state index in [0.29, 0.717) is 6.41 Å². The molecular formula is C11H11F4NO3. The number of benzene rings is 1. The lowest BCUT2D eigenvalue weighted by Crippen LogP contribution is -2.24. The Kier molecular flexibility index (Phi) is 5.11. The first kappa shape index (κ1) is 15.2. The first-order chi connectivity index (χ1) is 8.87. The number of methoxy groups -OCH3 is 1. The van der Waals surface area contributed by atoms with E-state index in [1.165, 1.54) is 13.2 Å². The molecule has 8 heteroatoms. The van der Waals surface area contributed by atoms with Crippen LogP contribution >= 0.6 is 0 Å². The van der Waals surface area contributed by atoms with Gasteiger partial charge in [0.15, 0.2) is 11.6 Å². The Morgan fingerprint density at radius 1 is 1.42 bits per heavy atom. The number of hydrogen-bond acceptors (Lipinski definition) is 3. The van der Waals surface area contributed by atoms with Gasteiger partial charge >= 0.3 is 6.36 Å². The van der Waals surface area contributed by atoms with Crippen LogP contribution in [0.4, 0.5) is 17.6 Å². The minimum Gasteiger partial charge on any atom is -0.403 e. The number of amides is 1. The summed E-state index contributed by atoms with van der Waals surface area (Å²) in [6.45, 7) is 0.0532. The van der Waals surface area contributed by atoms with E-state index in [2.05, 4.69) is 10.1 Å².